The molecule has 0 aromatic carbocycles. The molecule has 0 amide bonds. The van der Waals surface area contributed by atoms with Gasteiger partial charge in [-0.15, -0.1) is 0 Å². The van der Waals surface area contributed by atoms with Crippen LogP contribution < -0.4 is 10.2 Å². The Labute approximate surface area is 122 Å². The van der Waals surface area contributed by atoms with Gasteiger partial charge in [0.1, 0.15) is 5.82 Å². The molecule has 1 saturated heterocycles. The summed E-state index contributed by atoms with van der Waals surface area (Å²) in [5.41, 5.74) is 1.24. The van der Waals surface area contributed by atoms with Crippen molar-refractivity contribution in [3.63, 3.8) is 0 Å². The highest BCUT2D eigenvalue weighted by Gasteiger charge is 2.27. The summed E-state index contributed by atoms with van der Waals surface area (Å²) in [5, 5.41) is 3.85. The van der Waals surface area contributed by atoms with E-state index in [0.29, 0.717) is 12.1 Å². The SMILES string of the molecule is Cc1ccc(N2CCC(N[C@@H](C)C3CCC3)CC2)nc1. The molecule has 1 aromatic rings. The van der Waals surface area contributed by atoms with Crippen LogP contribution in [0.15, 0.2) is 18.3 Å². The number of aromatic nitrogens is 1. The second-order valence-corrected chi connectivity index (χ2v) is 6.60. The third-order valence-corrected chi connectivity index (χ3v) is 5.07. The largest absolute Gasteiger partial charge is 0.357 e. The topological polar surface area (TPSA) is 28.2 Å². The number of nitrogens with zero attached hydrogens (tertiary/aromatic N) is 2. The first kappa shape index (κ1) is 13.9. The summed E-state index contributed by atoms with van der Waals surface area (Å²) in [6, 6.07) is 5.72. The van der Waals surface area contributed by atoms with Crippen LogP contribution >= 0.6 is 0 Å². The highest BCUT2D eigenvalue weighted by atomic mass is 15.2. The molecule has 3 heteroatoms. The zero-order chi connectivity index (χ0) is 13.9. The first-order chi connectivity index (χ1) is 9.72. The van der Waals surface area contributed by atoms with E-state index < -0.39 is 0 Å². The quantitative estimate of drug-likeness (QED) is 0.913. The molecule has 1 aromatic heterocycles. The first-order valence-corrected chi connectivity index (χ1v) is 8.16. The summed E-state index contributed by atoms with van der Waals surface area (Å²) in [4.78, 5) is 6.97. The van der Waals surface area contributed by atoms with Crippen molar-refractivity contribution in [3.05, 3.63) is 23.9 Å². The number of anilines is 1. The van der Waals surface area contributed by atoms with Crippen molar-refractivity contribution in [2.75, 3.05) is 18.0 Å². The first-order valence-electron chi connectivity index (χ1n) is 8.16. The zero-order valence-electron chi connectivity index (χ0n) is 12.8. The van der Waals surface area contributed by atoms with E-state index in [9.17, 15) is 0 Å². The second kappa shape index (κ2) is 6.13. The van der Waals surface area contributed by atoms with Crippen LogP contribution in [0.3, 0.4) is 0 Å². The van der Waals surface area contributed by atoms with Gasteiger partial charge in [-0.2, -0.15) is 0 Å². The Morgan fingerprint density at radius 1 is 1.20 bits per heavy atom. The lowest BCUT2D eigenvalue weighted by molar-refractivity contribution is 0.217. The summed E-state index contributed by atoms with van der Waals surface area (Å²) in [7, 11) is 0. The van der Waals surface area contributed by atoms with E-state index in [0.717, 1.165) is 24.8 Å². The lowest BCUT2D eigenvalue weighted by Gasteiger charge is -2.38. The molecule has 1 aliphatic heterocycles. The minimum absolute atomic E-state index is 0.701. The van der Waals surface area contributed by atoms with Gasteiger partial charge in [0.15, 0.2) is 0 Å². The van der Waals surface area contributed by atoms with Crippen LogP contribution in [0, 0.1) is 12.8 Å². The molecule has 3 rings (SSSR count). The maximum absolute atomic E-state index is 4.54. The predicted molar refractivity (Wildman–Crippen MR) is 84.1 cm³/mol. The van der Waals surface area contributed by atoms with Crippen molar-refractivity contribution in [3.8, 4) is 0 Å². The van der Waals surface area contributed by atoms with E-state index >= 15 is 0 Å². The van der Waals surface area contributed by atoms with Crippen molar-refractivity contribution in [2.24, 2.45) is 5.92 Å². The fourth-order valence-corrected chi connectivity index (χ4v) is 3.37. The smallest absolute Gasteiger partial charge is 0.128 e. The standard InChI is InChI=1S/C17H27N3/c1-13-6-7-17(18-12-13)20-10-8-16(9-11-20)19-14(2)15-4-3-5-15/h6-7,12,14-16,19H,3-5,8-11H2,1-2H3/t14-/m0/s1. The number of pyridine rings is 1. The molecule has 1 aliphatic carbocycles. The highest BCUT2D eigenvalue weighted by Crippen LogP contribution is 2.30. The van der Waals surface area contributed by atoms with E-state index in [-0.39, 0.29) is 0 Å². The van der Waals surface area contributed by atoms with Gasteiger partial charge in [0.05, 0.1) is 0 Å². The fraction of sp³-hybridized carbons (Fsp3) is 0.706. The molecule has 2 heterocycles. The normalized spacial score (nSPS) is 22.6. The summed E-state index contributed by atoms with van der Waals surface area (Å²) in [6.45, 7) is 6.72. The van der Waals surface area contributed by atoms with Crippen molar-refractivity contribution >= 4 is 5.82 Å². The average molecular weight is 273 g/mol. The lowest BCUT2D eigenvalue weighted by atomic mass is 9.80. The monoisotopic (exact) mass is 273 g/mol. The number of aryl methyl sites for hydroxylation is 1. The molecule has 3 nitrogen and oxygen atoms in total. The molecule has 1 saturated carbocycles. The van der Waals surface area contributed by atoms with Crippen LogP contribution in [-0.2, 0) is 0 Å². The van der Waals surface area contributed by atoms with Crippen molar-refractivity contribution in [2.45, 2.75) is 58.0 Å². The molecule has 0 spiro atoms. The van der Waals surface area contributed by atoms with Gasteiger partial charge in [0, 0.05) is 31.4 Å². The van der Waals surface area contributed by atoms with E-state index in [1.807, 2.05) is 6.20 Å². The van der Waals surface area contributed by atoms with Gasteiger partial charge in [-0.3, -0.25) is 0 Å². The Morgan fingerprint density at radius 3 is 2.50 bits per heavy atom. The Bertz CT molecular complexity index is 416. The van der Waals surface area contributed by atoms with Crippen molar-refractivity contribution < 1.29 is 0 Å². The van der Waals surface area contributed by atoms with Gasteiger partial charge in [-0.25, -0.2) is 4.98 Å². The van der Waals surface area contributed by atoms with Crippen LogP contribution in [0.4, 0.5) is 5.82 Å². The minimum atomic E-state index is 0.701. The minimum Gasteiger partial charge on any atom is -0.357 e. The Kier molecular flexibility index (Phi) is 4.25. The van der Waals surface area contributed by atoms with Crippen LogP contribution in [0.1, 0.15) is 44.6 Å². The molecule has 2 aliphatic rings. The van der Waals surface area contributed by atoms with Crippen molar-refractivity contribution in [1.82, 2.24) is 10.3 Å². The summed E-state index contributed by atoms with van der Waals surface area (Å²) >= 11 is 0. The van der Waals surface area contributed by atoms with Crippen LogP contribution in [0.25, 0.3) is 0 Å². The van der Waals surface area contributed by atoms with Crippen LogP contribution in [-0.4, -0.2) is 30.2 Å². The molecular weight excluding hydrogens is 246 g/mol. The van der Waals surface area contributed by atoms with Gasteiger partial charge >= 0.3 is 0 Å². The predicted octanol–water partition coefficient (Wildman–Crippen LogP) is 3.14. The summed E-state index contributed by atoms with van der Waals surface area (Å²) in [5.74, 6) is 2.08. The number of rotatable bonds is 4. The molecule has 0 radical (unpaired) electrons. The summed E-state index contributed by atoms with van der Waals surface area (Å²) < 4.78 is 0. The number of hydrogen-bond donors (Lipinski definition) is 1. The van der Waals surface area contributed by atoms with E-state index in [2.05, 4.69) is 41.2 Å². The summed E-state index contributed by atoms with van der Waals surface area (Å²) in [6.07, 6.45) is 8.76. The molecule has 1 N–H and O–H groups in total. The third kappa shape index (κ3) is 3.14. The fourth-order valence-electron chi connectivity index (χ4n) is 3.37. The Morgan fingerprint density at radius 2 is 1.95 bits per heavy atom. The van der Waals surface area contributed by atoms with E-state index in [1.165, 1.54) is 37.7 Å². The maximum Gasteiger partial charge on any atom is 0.128 e. The number of piperidine rings is 1. The van der Waals surface area contributed by atoms with Gasteiger partial charge in [-0.1, -0.05) is 12.5 Å². The second-order valence-electron chi connectivity index (χ2n) is 6.60. The highest BCUT2D eigenvalue weighted by molar-refractivity contribution is 5.39. The number of nitrogens with one attached hydrogen (secondary N) is 1. The molecular formula is C17H27N3. The van der Waals surface area contributed by atoms with Gasteiger partial charge in [0.25, 0.3) is 0 Å². The van der Waals surface area contributed by atoms with Gasteiger partial charge in [-0.05, 0) is 57.1 Å². The molecule has 20 heavy (non-hydrogen) atoms. The van der Waals surface area contributed by atoms with Crippen LogP contribution in [0.5, 0.6) is 0 Å². The lowest BCUT2D eigenvalue weighted by Crippen LogP contribution is -2.48. The van der Waals surface area contributed by atoms with Crippen molar-refractivity contribution in [1.29, 1.82) is 0 Å². The molecule has 110 valence electrons. The van der Waals surface area contributed by atoms with Crippen LogP contribution in [0.2, 0.25) is 0 Å². The maximum atomic E-state index is 4.54. The van der Waals surface area contributed by atoms with Gasteiger partial charge < -0.3 is 10.2 Å². The molecule has 0 bridgehead atoms. The zero-order valence-corrected chi connectivity index (χ0v) is 12.8. The molecule has 0 unspecified atom stereocenters. The number of hydrogen-bond acceptors (Lipinski definition) is 3. The van der Waals surface area contributed by atoms with E-state index in [4.69, 9.17) is 0 Å². The van der Waals surface area contributed by atoms with E-state index in [1.54, 1.807) is 0 Å². The molecule has 2 fully saturated rings. The Hall–Kier alpha value is -1.09. The van der Waals surface area contributed by atoms with Gasteiger partial charge in [0.2, 0.25) is 0 Å². The molecule has 1 atom stereocenters. The average Bonchev–Trinajstić information content (AvgIpc) is 2.38. The Balaban J connectivity index is 1.47. The third-order valence-electron chi connectivity index (χ3n) is 5.07.